The van der Waals surface area contributed by atoms with E-state index in [0.717, 1.165) is 5.69 Å². The highest BCUT2D eigenvalue weighted by Gasteiger charge is 2.23. The predicted molar refractivity (Wildman–Crippen MR) is 65.0 cm³/mol. The van der Waals surface area contributed by atoms with Crippen LogP contribution in [0.1, 0.15) is 26.3 Å². The minimum atomic E-state index is -0.504. The van der Waals surface area contributed by atoms with E-state index >= 15 is 0 Å². The first-order valence-corrected chi connectivity index (χ1v) is 5.12. The highest BCUT2D eigenvalue weighted by Crippen LogP contribution is 2.22. The fraction of sp³-hybridized carbons (Fsp3) is 0.417. The molecule has 1 aromatic rings. The second kappa shape index (κ2) is 4.42. The van der Waals surface area contributed by atoms with E-state index in [2.05, 4.69) is 5.32 Å². The van der Waals surface area contributed by atoms with Crippen molar-refractivity contribution >= 4 is 11.4 Å². The Labute approximate surface area is 95.7 Å². The molecule has 0 bridgehead atoms. The van der Waals surface area contributed by atoms with Gasteiger partial charge in [0.1, 0.15) is 6.07 Å². The summed E-state index contributed by atoms with van der Waals surface area (Å²) in [7, 11) is 0. The van der Waals surface area contributed by atoms with Gasteiger partial charge >= 0.3 is 0 Å². The maximum absolute atomic E-state index is 9.57. The fourth-order valence-electron chi connectivity index (χ4n) is 1.21. The molecule has 4 nitrogen and oxygen atoms in total. The Morgan fingerprint density at radius 2 is 2.12 bits per heavy atom. The zero-order valence-electron chi connectivity index (χ0n) is 9.78. The summed E-state index contributed by atoms with van der Waals surface area (Å²) in [5.74, 6) is 0. The first-order valence-electron chi connectivity index (χ1n) is 5.12. The SMILES string of the molecule is CC(O)C(C)(C)Nc1ccc(N)c(C#N)c1. The maximum atomic E-state index is 9.57. The van der Waals surface area contributed by atoms with Crippen molar-refractivity contribution in [1.29, 1.82) is 5.26 Å². The number of rotatable bonds is 3. The van der Waals surface area contributed by atoms with Crippen molar-refractivity contribution in [3.63, 3.8) is 0 Å². The highest BCUT2D eigenvalue weighted by molar-refractivity contribution is 5.62. The number of nitrogens with two attached hydrogens (primary N) is 1. The van der Waals surface area contributed by atoms with Crippen molar-refractivity contribution < 1.29 is 5.11 Å². The van der Waals surface area contributed by atoms with Gasteiger partial charge in [-0.3, -0.25) is 0 Å². The van der Waals surface area contributed by atoms with Crippen LogP contribution in [0.2, 0.25) is 0 Å². The van der Waals surface area contributed by atoms with Crippen molar-refractivity contribution in [2.75, 3.05) is 11.1 Å². The summed E-state index contributed by atoms with van der Waals surface area (Å²) in [6.45, 7) is 5.50. The Morgan fingerprint density at radius 3 is 2.62 bits per heavy atom. The monoisotopic (exact) mass is 219 g/mol. The molecule has 0 amide bonds. The standard InChI is InChI=1S/C12H17N3O/c1-8(16)12(2,3)15-10-4-5-11(14)9(6-10)7-13/h4-6,8,15-16H,14H2,1-3H3. The minimum Gasteiger partial charge on any atom is -0.398 e. The number of nitriles is 1. The van der Waals surface area contributed by atoms with E-state index < -0.39 is 11.6 Å². The van der Waals surface area contributed by atoms with Crippen LogP contribution < -0.4 is 11.1 Å². The van der Waals surface area contributed by atoms with Crippen molar-refractivity contribution in [2.45, 2.75) is 32.4 Å². The third-order valence-corrected chi connectivity index (χ3v) is 2.68. The topological polar surface area (TPSA) is 82.1 Å². The number of nitrogen functional groups attached to an aromatic ring is 1. The van der Waals surface area contributed by atoms with Crippen LogP contribution in [0.4, 0.5) is 11.4 Å². The number of aliphatic hydroxyl groups excluding tert-OH is 1. The molecule has 0 radical (unpaired) electrons. The molecule has 0 saturated carbocycles. The van der Waals surface area contributed by atoms with Crippen LogP contribution in [0, 0.1) is 11.3 Å². The molecule has 16 heavy (non-hydrogen) atoms. The number of benzene rings is 1. The molecule has 0 spiro atoms. The van der Waals surface area contributed by atoms with E-state index in [1.807, 2.05) is 19.9 Å². The molecule has 0 aliphatic heterocycles. The van der Waals surface area contributed by atoms with Gasteiger partial charge < -0.3 is 16.2 Å². The normalized spacial score (nSPS) is 12.9. The minimum absolute atomic E-state index is 0.436. The van der Waals surface area contributed by atoms with E-state index in [9.17, 15) is 5.11 Å². The van der Waals surface area contributed by atoms with Gasteiger partial charge in [-0.05, 0) is 39.0 Å². The zero-order chi connectivity index (χ0) is 12.3. The van der Waals surface area contributed by atoms with Crippen LogP contribution in [0.3, 0.4) is 0 Å². The molecular weight excluding hydrogens is 202 g/mol. The number of nitrogens with zero attached hydrogens (tertiary/aromatic N) is 1. The summed E-state index contributed by atoms with van der Waals surface area (Å²) in [5.41, 5.74) is 6.84. The summed E-state index contributed by atoms with van der Waals surface area (Å²) >= 11 is 0. The Balaban J connectivity index is 2.96. The molecule has 86 valence electrons. The molecule has 1 unspecified atom stereocenters. The molecule has 1 rings (SSSR count). The van der Waals surface area contributed by atoms with Gasteiger partial charge in [0.15, 0.2) is 0 Å². The summed E-state index contributed by atoms with van der Waals surface area (Å²) < 4.78 is 0. The average Bonchev–Trinajstić information content (AvgIpc) is 2.20. The molecule has 0 aliphatic rings. The maximum Gasteiger partial charge on any atom is 0.101 e. The molecule has 0 aliphatic carbocycles. The average molecular weight is 219 g/mol. The molecule has 0 fully saturated rings. The summed E-state index contributed by atoms with van der Waals surface area (Å²) in [6, 6.07) is 7.17. The smallest absolute Gasteiger partial charge is 0.101 e. The lowest BCUT2D eigenvalue weighted by molar-refractivity contribution is 0.133. The van der Waals surface area contributed by atoms with Gasteiger partial charge in [0.25, 0.3) is 0 Å². The second-order valence-corrected chi connectivity index (χ2v) is 4.44. The van der Waals surface area contributed by atoms with Crippen LogP contribution in [-0.2, 0) is 0 Å². The third kappa shape index (κ3) is 2.65. The van der Waals surface area contributed by atoms with Gasteiger partial charge in [-0.15, -0.1) is 0 Å². The van der Waals surface area contributed by atoms with Gasteiger partial charge in [-0.25, -0.2) is 0 Å². The van der Waals surface area contributed by atoms with Crippen LogP contribution >= 0.6 is 0 Å². The predicted octanol–water partition coefficient (Wildman–Crippen LogP) is 1.71. The van der Waals surface area contributed by atoms with Gasteiger partial charge in [-0.2, -0.15) is 5.26 Å². The molecule has 1 aromatic carbocycles. The van der Waals surface area contributed by atoms with Gasteiger partial charge in [0.2, 0.25) is 0 Å². The lowest BCUT2D eigenvalue weighted by Crippen LogP contribution is -2.41. The van der Waals surface area contributed by atoms with E-state index in [1.54, 1.807) is 25.1 Å². The molecule has 0 heterocycles. The number of nitrogens with one attached hydrogen (secondary N) is 1. The van der Waals surface area contributed by atoms with Crippen LogP contribution in [-0.4, -0.2) is 16.7 Å². The Morgan fingerprint density at radius 1 is 1.50 bits per heavy atom. The van der Waals surface area contributed by atoms with Crippen molar-refractivity contribution in [3.05, 3.63) is 23.8 Å². The Kier molecular flexibility index (Phi) is 3.41. The van der Waals surface area contributed by atoms with Gasteiger partial charge in [0.05, 0.1) is 17.2 Å². The second-order valence-electron chi connectivity index (χ2n) is 4.44. The van der Waals surface area contributed by atoms with Crippen molar-refractivity contribution in [3.8, 4) is 6.07 Å². The summed E-state index contributed by atoms with van der Waals surface area (Å²) in [6.07, 6.45) is -0.504. The largest absolute Gasteiger partial charge is 0.398 e. The van der Waals surface area contributed by atoms with Gasteiger partial charge in [-0.1, -0.05) is 0 Å². The number of aliphatic hydroxyl groups is 1. The van der Waals surface area contributed by atoms with E-state index in [1.165, 1.54) is 0 Å². The van der Waals surface area contributed by atoms with Crippen LogP contribution in [0.5, 0.6) is 0 Å². The van der Waals surface area contributed by atoms with E-state index in [-0.39, 0.29) is 0 Å². The quantitative estimate of drug-likeness (QED) is 0.676. The number of hydrogen-bond acceptors (Lipinski definition) is 4. The highest BCUT2D eigenvalue weighted by atomic mass is 16.3. The lowest BCUT2D eigenvalue weighted by Gasteiger charge is -2.30. The first-order chi connectivity index (χ1) is 7.36. The summed E-state index contributed by atoms with van der Waals surface area (Å²) in [5, 5.41) is 21.6. The van der Waals surface area contributed by atoms with Crippen molar-refractivity contribution in [1.82, 2.24) is 0 Å². The number of hydrogen-bond donors (Lipinski definition) is 3. The van der Waals surface area contributed by atoms with Crippen LogP contribution in [0.15, 0.2) is 18.2 Å². The zero-order valence-corrected chi connectivity index (χ0v) is 9.78. The lowest BCUT2D eigenvalue weighted by atomic mass is 9.98. The van der Waals surface area contributed by atoms with Gasteiger partial charge in [0, 0.05) is 11.4 Å². The first kappa shape index (κ1) is 12.3. The van der Waals surface area contributed by atoms with E-state index in [4.69, 9.17) is 11.0 Å². The number of anilines is 2. The molecule has 4 heteroatoms. The van der Waals surface area contributed by atoms with Crippen molar-refractivity contribution in [2.24, 2.45) is 0 Å². The molecule has 1 atom stereocenters. The Bertz CT molecular complexity index is 419. The summed E-state index contributed by atoms with van der Waals surface area (Å²) in [4.78, 5) is 0. The Hall–Kier alpha value is -1.73. The fourth-order valence-corrected chi connectivity index (χ4v) is 1.21. The third-order valence-electron chi connectivity index (χ3n) is 2.68. The molecule has 0 aromatic heterocycles. The van der Waals surface area contributed by atoms with E-state index in [0.29, 0.717) is 11.3 Å². The molecule has 4 N–H and O–H groups in total. The molecular formula is C12H17N3O. The van der Waals surface area contributed by atoms with Crippen LogP contribution in [0.25, 0.3) is 0 Å². The molecule has 0 saturated heterocycles.